The molecule has 0 heterocycles. The molecule has 5 heteroatoms. The third-order valence-electron chi connectivity index (χ3n) is 2.34. The molecule has 0 saturated carbocycles. The van der Waals surface area contributed by atoms with Gasteiger partial charge in [0.1, 0.15) is 5.82 Å². The van der Waals surface area contributed by atoms with E-state index in [0.717, 1.165) is 0 Å². The molecule has 1 amide bonds. The molecular weight excluding hydrogens is 243 g/mol. The summed E-state index contributed by atoms with van der Waals surface area (Å²) in [5, 5.41) is 0.453. The largest absolute Gasteiger partial charge is 0.341 e. The first-order valence-electron chi connectivity index (χ1n) is 5.33. The smallest absolute Gasteiger partial charge is 0.224 e. The fourth-order valence-electron chi connectivity index (χ4n) is 1.44. The number of benzene rings is 1. The molecule has 0 aliphatic rings. The first-order chi connectivity index (χ1) is 7.90. The van der Waals surface area contributed by atoms with Crippen molar-refractivity contribution >= 4 is 17.5 Å². The van der Waals surface area contributed by atoms with Crippen LogP contribution in [0.15, 0.2) is 18.2 Å². The van der Waals surface area contributed by atoms with Gasteiger partial charge in [0.15, 0.2) is 0 Å². The molecule has 1 rings (SSSR count). The van der Waals surface area contributed by atoms with Crippen LogP contribution >= 0.6 is 11.6 Å². The highest BCUT2D eigenvalue weighted by molar-refractivity contribution is 6.30. The lowest BCUT2D eigenvalue weighted by molar-refractivity contribution is -0.130. The average molecular weight is 259 g/mol. The molecule has 0 fully saturated rings. The van der Waals surface area contributed by atoms with Gasteiger partial charge in [-0.25, -0.2) is 4.39 Å². The molecule has 0 bridgehead atoms. The summed E-state index contributed by atoms with van der Waals surface area (Å²) in [6.45, 7) is 1.95. The highest BCUT2D eigenvalue weighted by Gasteiger charge is 2.13. The van der Waals surface area contributed by atoms with E-state index in [1.165, 1.54) is 23.1 Å². The predicted octanol–water partition coefficient (Wildman–Crippen LogP) is 2.17. The summed E-state index contributed by atoms with van der Waals surface area (Å²) in [4.78, 5) is 13.1. The maximum Gasteiger partial charge on any atom is 0.224 e. The normalized spacial score (nSPS) is 12.3. The van der Waals surface area contributed by atoms with Crippen molar-refractivity contribution in [2.24, 2.45) is 5.73 Å². The summed E-state index contributed by atoms with van der Waals surface area (Å²) in [6.07, 6.45) is 0.249. The second-order valence-electron chi connectivity index (χ2n) is 4.17. The number of hydrogen-bond acceptors (Lipinski definition) is 2. The predicted molar refractivity (Wildman–Crippen MR) is 66.2 cm³/mol. The Hall–Kier alpha value is -1.13. The minimum Gasteiger partial charge on any atom is -0.341 e. The average Bonchev–Trinajstić information content (AvgIpc) is 2.22. The SMILES string of the molecule is CC(N)CC(=O)N(C)Cc1cc(Cl)ccc1F. The lowest BCUT2D eigenvalue weighted by atomic mass is 10.2. The monoisotopic (exact) mass is 258 g/mol. The first kappa shape index (κ1) is 13.9. The molecule has 0 aliphatic carbocycles. The van der Waals surface area contributed by atoms with Gasteiger partial charge in [-0.2, -0.15) is 0 Å². The van der Waals surface area contributed by atoms with E-state index in [0.29, 0.717) is 10.6 Å². The third-order valence-corrected chi connectivity index (χ3v) is 2.57. The molecule has 94 valence electrons. The van der Waals surface area contributed by atoms with Crippen molar-refractivity contribution in [3.63, 3.8) is 0 Å². The van der Waals surface area contributed by atoms with Crippen molar-refractivity contribution in [1.82, 2.24) is 4.90 Å². The Balaban J connectivity index is 2.70. The number of nitrogens with two attached hydrogens (primary N) is 1. The summed E-state index contributed by atoms with van der Waals surface area (Å²) < 4.78 is 13.4. The van der Waals surface area contributed by atoms with Crippen LogP contribution in [-0.2, 0) is 11.3 Å². The molecule has 3 nitrogen and oxygen atoms in total. The van der Waals surface area contributed by atoms with E-state index in [2.05, 4.69) is 0 Å². The minimum absolute atomic E-state index is 0.112. The van der Waals surface area contributed by atoms with Gasteiger partial charge in [0, 0.05) is 36.6 Å². The van der Waals surface area contributed by atoms with Crippen molar-refractivity contribution in [2.75, 3.05) is 7.05 Å². The summed E-state index contributed by atoms with van der Waals surface area (Å²) >= 11 is 5.77. The van der Waals surface area contributed by atoms with E-state index >= 15 is 0 Å². The topological polar surface area (TPSA) is 46.3 Å². The summed E-state index contributed by atoms with van der Waals surface area (Å²) in [7, 11) is 1.62. The molecule has 1 atom stereocenters. The third kappa shape index (κ3) is 4.32. The molecule has 1 aromatic rings. The van der Waals surface area contributed by atoms with E-state index in [1.807, 2.05) is 0 Å². The Morgan fingerprint density at radius 2 is 2.24 bits per heavy atom. The van der Waals surface area contributed by atoms with E-state index in [4.69, 9.17) is 17.3 Å². The quantitative estimate of drug-likeness (QED) is 0.900. The highest BCUT2D eigenvalue weighted by Crippen LogP contribution is 2.16. The molecule has 1 unspecified atom stereocenters. The van der Waals surface area contributed by atoms with Gasteiger partial charge in [-0.1, -0.05) is 11.6 Å². The zero-order valence-corrected chi connectivity index (χ0v) is 10.7. The number of nitrogens with zero attached hydrogens (tertiary/aromatic N) is 1. The Bertz CT molecular complexity index is 409. The molecule has 17 heavy (non-hydrogen) atoms. The van der Waals surface area contributed by atoms with Crippen LogP contribution in [0.25, 0.3) is 0 Å². The van der Waals surface area contributed by atoms with Crippen LogP contribution in [0.2, 0.25) is 5.02 Å². The Morgan fingerprint density at radius 3 is 2.82 bits per heavy atom. The number of rotatable bonds is 4. The standard InChI is InChI=1S/C12H16ClFN2O/c1-8(15)5-12(17)16(2)7-9-6-10(13)3-4-11(9)14/h3-4,6,8H,5,7,15H2,1-2H3. The minimum atomic E-state index is -0.366. The van der Waals surface area contributed by atoms with Gasteiger partial charge < -0.3 is 10.6 Å². The second kappa shape index (κ2) is 5.98. The molecule has 0 saturated heterocycles. The van der Waals surface area contributed by atoms with Crippen molar-refractivity contribution in [3.05, 3.63) is 34.6 Å². The van der Waals surface area contributed by atoms with Crippen LogP contribution in [0.1, 0.15) is 18.9 Å². The van der Waals surface area contributed by atoms with E-state index in [-0.39, 0.29) is 30.7 Å². The van der Waals surface area contributed by atoms with Gasteiger partial charge >= 0.3 is 0 Å². The second-order valence-corrected chi connectivity index (χ2v) is 4.60. The Labute approximate surface area is 105 Å². The van der Waals surface area contributed by atoms with Crippen LogP contribution in [0.4, 0.5) is 4.39 Å². The zero-order chi connectivity index (χ0) is 13.0. The van der Waals surface area contributed by atoms with Crippen LogP contribution in [0, 0.1) is 5.82 Å². The lowest BCUT2D eigenvalue weighted by Crippen LogP contribution is -2.31. The van der Waals surface area contributed by atoms with Gasteiger partial charge in [0.05, 0.1) is 0 Å². The highest BCUT2D eigenvalue weighted by atomic mass is 35.5. The van der Waals surface area contributed by atoms with Gasteiger partial charge in [0.25, 0.3) is 0 Å². The number of amides is 1. The van der Waals surface area contributed by atoms with Gasteiger partial charge in [-0.3, -0.25) is 4.79 Å². The molecule has 2 N–H and O–H groups in total. The molecule has 0 aromatic heterocycles. The zero-order valence-electron chi connectivity index (χ0n) is 9.91. The fraction of sp³-hybridized carbons (Fsp3) is 0.417. The summed E-state index contributed by atoms with van der Waals surface area (Å²) in [5.74, 6) is -0.478. The fourth-order valence-corrected chi connectivity index (χ4v) is 1.63. The number of carbonyl (C=O) groups excluding carboxylic acids is 1. The number of carbonyl (C=O) groups is 1. The van der Waals surface area contributed by atoms with Crippen LogP contribution in [0.5, 0.6) is 0 Å². The molecule has 0 spiro atoms. The maximum absolute atomic E-state index is 13.4. The van der Waals surface area contributed by atoms with Gasteiger partial charge in [0.2, 0.25) is 5.91 Å². The van der Waals surface area contributed by atoms with Crippen LogP contribution in [0.3, 0.4) is 0 Å². The van der Waals surface area contributed by atoms with Crippen molar-refractivity contribution < 1.29 is 9.18 Å². The van der Waals surface area contributed by atoms with Gasteiger partial charge in [-0.05, 0) is 25.1 Å². The number of hydrogen-bond donors (Lipinski definition) is 1. The first-order valence-corrected chi connectivity index (χ1v) is 5.71. The molecule has 0 aliphatic heterocycles. The summed E-state index contributed by atoms with van der Waals surface area (Å²) in [6, 6.07) is 4.09. The molecule has 0 radical (unpaired) electrons. The molecule has 1 aromatic carbocycles. The number of halogens is 2. The van der Waals surface area contributed by atoms with E-state index in [9.17, 15) is 9.18 Å². The summed E-state index contributed by atoms with van der Waals surface area (Å²) in [5.41, 5.74) is 5.94. The Morgan fingerprint density at radius 1 is 1.59 bits per heavy atom. The Kier molecular flexibility index (Phi) is 4.90. The van der Waals surface area contributed by atoms with Crippen molar-refractivity contribution in [1.29, 1.82) is 0 Å². The van der Waals surface area contributed by atoms with Gasteiger partial charge in [-0.15, -0.1) is 0 Å². The van der Waals surface area contributed by atoms with Crippen LogP contribution < -0.4 is 5.73 Å². The van der Waals surface area contributed by atoms with Crippen LogP contribution in [-0.4, -0.2) is 23.9 Å². The van der Waals surface area contributed by atoms with Crippen molar-refractivity contribution in [3.8, 4) is 0 Å². The lowest BCUT2D eigenvalue weighted by Gasteiger charge is -2.18. The maximum atomic E-state index is 13.4. The van der Waals surface area contributed by atoms with Crippen molar-refractivity contribution in [2.45, 2.75) is 25.9 Å². The van der Waals surface area contributed by atoms with E-state index in [1.54, 1.807) is 14.0 Å². The van der Waals surface area contributed by atoms with E-state index < -0.39 is 0 Å². The molecular formula is C12H16ClFN2O.